The van der Waals surface area contributed by atoms with Gasteiger partial charge in [-0.15, -0.1) is 0 Å². The van der Waals surface area contributed by atoms with Crippen LogP contribution >= 0.6 is 0 Å². The Labute approximate surface area is 190 Å². The third-order valence-corrected chi connectivity index (χ3v) is 7.29. The van der Waals surface area contributed by atoms with E-state index in [0.29, 0.717) is 35.7 Å². The van der Waals surface area contributed by atoms with Gasteiger partial charge in [0.25, 0.3) is 0 Å². The number of hydrogen-bond donors (Lipinski definition) is 0. The summed E-state index contributed by atoms with van der Waals surface area (Å²) in [5.74, 6) is 2.03. The van der Waals surface area contributed by atoms with Crippen LogP contribution in [0.5, 0.6) is 5.75 Å². The van der Waals surface area contributed by atoms with Crippen molar-refractivity contribution in [3.05, 3.63) is 29.6 Å². The van der Waals surface area contributed by atoms with E-state index in [9.17, 15) is 14.0 Å². The van der Waals surface area contributed by atoms with Gasteiger partial charge in [0.15, 0.2) is 0 Å². The van der Waals surface area contributed by atoms with Crippen molar-refractivity contribution >= 4 is 12.0 Å². The van der Waals surface area contributed by atoms with Crippen LogP contribution in [0, 0.1) is 23.6 Å². The van der Waals surface area contributed by atoms with Crippen molar-refractivity contribution < 1.29 is 23.5 Å². The highest BCUT2D eigenvalue weighted by Gasteiger charge is 2.45. The van der Waals surface area contributed by atoms with Crippen LogP contribution in [0.15, 0.2) is 18.2 Å². The molecule has 1 aromatic rings. The summed E-state index contributed by atoms with van der Waals surface area (Å²) in [4.78, 5) is 27.4. The van der Waals surface area contributed by atoms with Gasteiger partial charge in [-0.2, -0.15) is 0 Å². The number of hydrogen-bond acceptors (Lipinski definition) is 4. The predicted octanol–water partition coefficient (Wildman–Crippen LogP) is 4.26. The van der Waals surface area contributed by atoms with Crippen molar-refractivity contribution in [2.24, 2.45) is 17.8 Å². The Bertz CT molecular complexity index is 846. The summed E-state index contributed by atoms with van der Waals surface area (Å²) in [7, 11) is 3.32. The van der Waals surface area contributed by atoms with Gasteiger partial charge in [0.05, 0.1) is 13.0 Å². The van der Waals surface area contributed by atoms with Crippen molar-refractivity contribution in [3.8, 4) is 5.75 Å². The number of benzene rings is 1. The maximum absolute atomic E-state index is 14.3. The van der Waals surface area contributed by atoms with Crippen LogP contribution in [0.1, 0.15) is 51.0 Å². The molecule has 2 aliphatic carbocycles. The molecule has 3 fully saturated rings. The average Bonchev–Trinajstić information content (AvgIpc) is 3.68. The molecule has 2 unspecified atom stereocenters. The first-order chi connectivity index (χ1) is 15.2. The van der Waals surface area contributed by atoms with Crippen LogP contribution in [-0.2, 0) is 16.0 Å². The Balaban J connectivity index is 1.14. The van der Waals surface area contributed by atoms with E-state index < -0.39 is 5.82 Å². The average molecular weight is 447 g/mol. The van der Waals surface area contributed by atoms with Gasteiger partial charge in [0, 0.05) is 33.3 Å². The van der Waals surface area contributed by atoms with Gasteiger partial charge in [-0.05, 0) is 74.8 Å². The molecule has 1 heterocycles. The summed E-state index contributed by atoms with van der Waals surface area (Å²) in [6, 6.07) is 4.75. The van der Waals surface area contributed by atoms with Gasteiger partial charge in [-0.3, -0.25) is 4.79 Å². The quantitative estimate of drug-likeness (QED) is 0.599. The van der Waals surface area contributed by atoms with E-state index >= 15 is 0 Å². The molecule has 0 radical (unpaired) electrons. The number of rotatable bonds is 8. The number of likely N-dealkylation sites (tertiary alicyclic amines) is 1. The molecule has 0 spiro atoms. The number of nitrogens with zero attached hydrogens (tertiary/aromatic N) is 2. The highest BCUT2D eigenvalue weighted by atomic mass is 19.1. The standard InChI is InChI=1S/C25H35FN2O4/c1-25(9-10-25)32-24(30)28-11-6-17(7-12-28)21-14-18(21)8-13-31-20-5-4-19(22(26)16-20)15-23(29)27(2)3/h4-5,16-18,21H,6-15H2,1-3H3. The Kier molecular flexibility index (Phi) is 6.63. The number of carbonyl (C=O) groups is 2. The lowest BCUT2D eigenvalue weighted by atomic mass is 9.91. The zero-order valence-corrected chi connectivity index (χ0v) is 19.4. The van der Waals surface area contributed by atoms with Crippen LogP contribution in [-0.4, -0.2) is 61.2 Å². The second kappa shape index (κ2) is 9.28. The molecule has 2 saturated carbocycles. The minimum atomic E-state index is -0.400. The highest BCUT2D eigenvalue weighted by Crippen LogP contribution is 2.50. The molecule has 7 heteroatoms. The largest absolute Gasteiger partial charge is 0.493 e. The lowest BCUT2D eigenvalue weighted by Gasteiger charge is -2.32. The smallest absolute Gasteiger partial charge is 0.410 e. The molecule has 1 aliphatic heterocycles. The third kappa shape index (κ3) is 5.73. The first-order valence-electron chi connectivity index (χ1n) is 11.8. The summed E-state index contributed by atoms with van der Waals surface area (Å²) < 4.78 is 25.6. The lowest BCUT2D eigenvalue weighted by molar-refractivity contribution is -0.128. The molecule has 1 aromatic carbocycles. The molecule has 2 atom stereocenters. The van der Waals surface area contributed by atoms with E-state index in [4.69, 9.17) is 9.47 Å². The van der Waals surface area contributed by atoms with Crippen LogP contribution < -0.4 is 4.74 Å². The molecule has 0 aromatic heterocycles. The molecule has 3 aliphatic rings. The lowest BCUT2D eigenvalue weighted by Crippen LogP contribution is -2.40. The van der Waals surface area contributed by atoms with Crippen LogP contribution in [0.4, 0.5) is 9.18 Å². The predicted molar refractivity (Wildman–Crippen MR) is 119 cm³/mol. The Morgan fingerprint density at radius 2 is 1.94 bits per heavy atom. The maximum atomic E-state index is 14.3. The normalized spacial score (nSPS) is 24.1. The van der Waals surface area contributed by atoms with Crippen LogP contribution in [0.25, 0.3) is 0 Å². The van der Waals surface area contributed by atoms with Gasteiger partial charge in [0.2, 0.25) is 5.91 Å². The Morgan fingerprint density at radius 3 is 2.56 bits per heavy atom. The highest BCUT2D eigenvalue weighted by molar-refractivity contribution is 5.78. The van der Waals surface area contributed by atoms with Gasteiger partial charge in [-0.1, -0.05) is 6.07 Å². The molecule has 0 bridgehead atoms. The fraction of sp³-hybridized carbons (Fsp3) is 0.680. The molecule has 6 nitrogen and oxygen atoms in total. The Morgan fingerprint density at radius 1 is 1.22 bits per heavy atom. The zero-order chi connectivity index (χ0) is 22.9. The molecule has 32 heavy (non-hydrogen) atoms. The summed E-state index contributed by atoms with van der Waals surface area (Å²) in [5.41, 5.74) is 0.183. The summed E-state index contributed by atoms with van der Waals surface area (Å²) in [6.45, 7) is 4.16. The van der Waals surface area contributed by atoms with Gasteiger partial charge < -0.3 is 19.3 Å². The second-order valence-electron chi connectivity index (χ2n) is 10.2. The number of piperidine rings is 1. The molecular weight excluding hydrogens is 411 g/mol. The minimum absolute atomic E-state index is 0.0543. The summed E-state index contributed by atoms with van der Waals surface area (Å²) in [5, 5.41) is 0. The van der Waals surface area contributed by atoms with Crippen LogP contribution in [0.3, 0.4) is 0 Å². The van der Waals surface area contributed by atoms with Crippen molar-refractivity contribution in [2.75, 3.05) is 33.8 Å². The Hall–Kier alpha value is -2.31. The molecule has 2 amide bonds. The first-order valence-corrected chi connectivity index (χ1v) is 11.8. The third-order valence-electron chi connectivity index (χ3n) is 7.29. The summed E-state index contributed by atoms with van der Waals surface area (Å²) >= 11 is 0. The molecular formula is C25H35FN2O4. The van der Waals surface area contributed by atoms with Crippen molar-refractivity contribution in [1.82, 2.24) is 9.80 Å². The second-order valence-corrected chi connectivity index (χ2v) is 10.2. The van der Waals surface area contributed by atoms with Gasteiger partial charge in [0.1, 0.15) is 17.2 Å². The van der Waals surface area contributed by atoms with E-state index in [1.807, 2.05) is 11.8 Å². The fourth-order valence-corrected chi connectivity index (χ4v) is 4.65. The van der Waals surface area contributed by atoms with E-state index in [1.165, 1.54) is 17.4 Å². The molecule has 176 valence electrons. The topological polar surface area (TPSA) is 59.1 Å². The first kappa shape index (κ1) is 22.9. The summed E-state index contributed by atoms with van der Waals surface area (Å²) in [6.07, 6.45) is 6.15. The van der Waals surface area contributed by atoms with Crippen molar-refractivity contribution in [1.29, 1.82) is 0 Å². The van der Waals surface area contributed by atoms with Crippen LogP contribution in [0.2, 0.25) is 0 Å². The minimum Gasteiger partial charge on any atom is -0.493 e. The van der Waals surface area contributed by atoms with E-state index in [0.717, 1.165) is 45.2 Å². The fourth-order valence-electron chi connectivity index (χ4n) is 4.65. The van der Waals surface area contributed by atoms with Crippen molar-refractivity contribution in [2.45, 2.75) is 57.5 Å². The number of carbonyl (C=O) groups excluding carboxylic acids is 2. The van der Waals surface area contributed by atoms with Crippen molar-refractivity contribution in [3.63, 3.8) is 0 Å². The molecule has 4 rings (SSSR count). The number of likely N-dealkylation sites (N-methyl/N-ethyl adjacent to an activating group) is 1. The van der Waals surface area contributed by atoms with Gasteiger partial charge >= 0.3 is 6.09 Å². The van der Waals surface area contributed by atoms with E-state index in [1.54, 1.807) is 26.2 Å². The maximum Gasteiger partial charge on any atom is 0.410 e. The number of ether oxygens (including phenoxy) is 2. The van der Waals surface area contributed by atoms with E-state index in [2.05, 4.69) is 0 Å². The molecule has 1 saturated heterocycles. The monoisotopic (exact) mass is 446 g/mol. The number of halogens is 1. The zero-order valence-electron chi connectivity index (χ0n) is 19.4. The van der Waals surface area contributed by atoms with Gasteiger partial charge in [-0.25, -0.2) is 9.18 Å². The molecule has 0 N–H and O–H groups in total. The van der Waals surface area contributed by atoms with E-state index in [-0.39, 0.29) is 24.0 Å². The SMILES string of the molecule is CN(C)C(=O)Cc1ccc(OCCC2CC2C2CCN(C(=O)OC3(C)CC3)CC2)cc1F. The number of amides is 2.